The molecule has 0 fully saturated rings. The summed E-state index contributed by atoms with van der Waals surface area (Å²) in [4.78, 5) is 19.7. The van der Waals surface area contributed by atoms with Crippen molar-refractivity contribution in [2.45, 2.75) is 13.3 Å². The zero-order valence-corrected chi connectivity index (χ0v) is 7.69. The van der Waals surface area contributed by atoms with Gasteiger partial charge >= 0.3 is 0 Å². The molecule has 0 unspecified atom stereocenters. The third-order valence-corrected chi connectivity index (χ3v) is 2.09. The molecule has 2 heterocycles. The van der Waals surface area contributed by atoms with Gasteiger partial charge in [-0.2, -0.15) is 4.52 Å². The second kappa shape index (κ2) is 3.22. The Hall–Kier alpha value is -1.69. The second-order valence-electron chi connectivity index (χ2n) is 2.98. The SMILES string of the molecule is Cc1nc2nc[nH]n2c(=O)c1CCO. The van der Waals surface area contributed by atoms with E-state index >= 15 is 0 Å². The molecule has 0 atom stereocenters. The molecule has 0 aliphatic carbocycles. The van der Waals surface area contributed by atoms with Crippen molar-refractivity contribution in [3.63, 3.8) is 0 Å². The molecule has 2 aromatic heterocycles. The maximum absolute atomic E-state index is 11.7. The predicted molar refractivity (Wildman–Crippen MR) is 49.1 cm³/mol. The summed E-state index contributed by atoms with van der Waals surface area (Å²) in [5.41, 5.74) is 0.949. The van der Waals surface area contributed by atoms with E-state index in [1.807, 2.05) is 0 Å². The molecule has 2 aromatic rings. The van der Waals surface area contributed by atoms with Crippen LogP contribution in [0, 0.1) is 6.92 Å². The van der Waals surface area contributed by atoms with E-state index in [1.165, 1.54) is 10.8 Å². The van der Waals surface area contributed by atoms with Gasteiger partial charge in [0.1, 0.15) is 6.33 Å². The monoisotopic (exact) mass is 194 g/mol. The lowest BCUT2D eigenvalue weighted by atomic mass is 10.2. The lowest BCUT2D eigenvalue weighted by Gasteiger charge is -2.01. The van der Waals surface area contributed by atoms with Gasteiger partial charge in [-0.3, -0.25) is 9.89 Å². The normalized spacial score (nSPS) is 11.0. The summed E-state index contributed by atoms with van der Waals surface area (Å²) in [6, 6.07) is 0. The molecule has 6 heteroatoms. The highest BCUT2D eigenvalue weighted by Crippen LogP contribution is 2.00. The molecule has 2 rings (SSSR count). The van der Waals surface area contributed by atoms with Gasteiger partial charge in [0.05, 0.1) is 5.69 Å². The first kappa shape index (κ1) is 8.89. The van der Waals surface area contributed by atoms with Gasteiger partial charge in [0.2, 0.25) is 0 Å². The molecule has 2 N–H and O–H groups in total. The number of aromatic nitrogens is 4. The lowest BCUT2D eigenvalue weighted by Crippen LogP contribution is -2.22. The van der Waals surface area contributed by atoms with Crippen molar-refractivity contribution in [3.8, 4) is 0 Å². The Labute approximate surface area is 79.2 Å². The fourth-order valence-electron chi connectivity index (χ4n) is 1.39. The van der Waals surface area contributed by atoms with Gasteiger partial charge in [-0.1, -0.05) is 0 Å². The quantitative estimate of drug-likeness (QED) is 0.659. The van der Waals surface area contributed by atoms with Crippen molar-refractivity contribution in [1.29, 1.82) is 0 Å². The predicted octanol–water partition coefficient (Wildman–Crippen LogP) is -0.739. The van der Waals surface area contributed by atoms with Crippen LogP contribution in [0.1, 0.15) is 11.3 Å². The van der Waals surface area contributed by atoms with Crippen LogP contribution in [0.15, 0.2) is 11.1 Å². The number of rotatable bonds is 2. The van der Waals surface area contributed by atoms with Gasteiger partial charge in [-0.05, 0) is 6.92 Å². The fraction of sp³-hybridized carbons (Fsp3) is 0.375. The standard InChI is InChI=1S/C8H10N4O2/c1-5-6(2-3-13)7(14)12-8(11-5)9-4-10-12/h4,13H,2-3H2,1H3,(H,9,10,11). The number of H-pyrrole nitrogens is 1. The van der Waals surface area contributed by atoms with Crippen LogP contribution >= 0.6 is 0 Å². The van der Waals surface area contributed by atoms with E-state index in [-0.39, 0.29) is 12.2 Å². The van der Waals surface area contributed by atoms with Crippen molar-refractivity contribution in [2.24, 2.45) is 0 Å². The third kappa shape index (κ3) is 1.20. The molecule has 6 nitrogen and oxygen atoms in total. The van der Waals surface area contributed by atoms with E-state index in [0.29, 0.717) is 23.5 Å². The van der Waals surface area contributed by atoms with Crippen LogP contribution in [0.2, 0.25) is 0 Å². The van der Waals surface area contributed by atoms with E-state index < -0.39 is 0 Å². The Morgan fingerprint density at radius 2 is 2.43 bits per heavy atom. The molecule has 0 aliphatic heterocycles. The van der Waals surface area contributed by atoms with E-state index in [9.17, 15) is 4.79 Å². The summed E-state index contributed by atoms with van der Waals surface area (Å²) >= 11 is 0. The van der Waals surface area contributed by atoms with Gasteiger partial charge < -0.3 is 5.11 Å². The number of hydrogen-bond donors (Lipinski definition) is 2. The molecule has 0 amide bonds. The van der Waals surface area contributed by atoms with Crippen molar-refractivity contribution >= 4 is 5.78 Å². The summed E-state index contributed by atoms with van der Waals surface area (Å²) in [6.45, 7) is 1.68. The van der Waals surface area contributed by atoms with Crippen molar-refractivity contribution in [1.82, 2.24) is 19.6 Å². The maximum Gasteiger partial charge on any atom is 0.277 e. The summed E-state index contributed by atoms with van der Waals surface area (Å²) in [5.74, 6) is 0.356. The summed E-state index contributed by atoms with van der Waals surface area (Å²) in [7, 11) is 0. The first-order chi connectivity index (χ1) is 6.74. The Kier molecular flexibility index (Phi) is 2.05. The topological polar surface area (TPSA) is 83.3 Å². The minimum absolute atomic E-state index is 0.0576. The Bertz CT molecular complexity index is 514. The number of aryl methyl sites for hydroxylation is 1. The largest absolute Gasteiger partial charge is 0.396 e. The average Bonchev–Trinajstić information content (AvgIpc) is 2.60. The minimum Gasteiger partial charge on any atom is -0.396 e. The van der Waals surface area contributed by atoms with Gasteiger partial charge in [0.15, 0.2) is 0 Å². The number of fused-ring (bicyclic) bond motifs is 1. The van der Waals surface area contributed by atoms with Gasteiger partial charge in [-0.15, -0.1) is 0 Å². The van der Waals surface area contributed by atoms with E-state index in [0.717, 1.165) is 0 Å². The molecule has 14 heavy (non-hydrogen) atoms. The summed E-state index contributed by atoms with van der Waals surface area (Å²) in [5, 5.41) is 11.5. The molecule has 74 valence electrons. The third-order valence-electron chi connectivity index (χ3n) is 2.09. The Balaban J connectivity index is 2.76. The Morgan fingerprint density at radius 3 is 3.14 bits per heavy atom. The first-order valence-electron chi connectivity index (χ1n) is 4.26. The second-order valence-corrected chi connectivity index (χ2v) is 2.98. The van der Waals surface area contributed by atoms with E-state index in [1.54, 1.807) is 6.92 Å². The number of aromatic amines is 1. The van der Waals surface area contributed by atoms with Gasteiger partial charge in [-0.25, -0.2) is 9.97 Å². The maximum atomic E-state index is 11.7. The first-order valence-corrected chi connectivity index (χ1v) is 4.26. The molecule has 0 bridgehead atoms. The van der Waals surface area contributed by atoms with Crippen molar-refractivity contribution in [3.05, 3.63) is 27.9 Å². The number of nitrogens with one attached hydrogen (secondary N) is 1. The molecular formula is C8H10N4O2. The van der Waals surface area contributed by atoms with Crippen molar-refractivity contribution < 1.29 is 5.11 Å². The highest BCUT2D eigenvalue weighted by atomic mass is 16.3. The van der Waals surface area contributed by atoms with E-state index in [2.05, 4.69) is 15.1 Å². The van der Waals surface area contributed by atoms with Crippen LogP contribution < -0.4 is 5.56 Å². The molecule has 0 aromatic carbocycles. The average molecular weight is 194 g/mol. The number of hydrogen-bond acceptors (Lipinski definition) is 4. The fourth-order valence-corrected chi connectivity index (χ4v) is 1.39. The van der Waals surface area contributed by atoms with Gasteiger partial charge in [0.25, 0.3) is 11.3 Å². The molecular weight excluding hydrogens is 184 g/mol. The number of aliphatic hydroxyl groups is 1. The Morgan fingerprint density at radius 1 is 1.64 bits per heavy atom. The zero-order chi connectivity index (χ0) is 10.1. The summed E-state index contributed by atoms with van der Waals surface area (Å²) in [6.07, 6.45) is 1.73. The van der Waals surface area contributed by atoms with Crippen LogP contribution in [0.4, 0.5) is 0 Å². The van der Waals surface area contributed by atoms with Crippen LogP contribution in [0.25, 0.3) is 5.78 Å². The van der Waals surface area contributed by atoms with Crippen molar-refractivity contribution in [2.75, 3.05) is 6.61 Å². The molecule has 0 aliphatic rings. The molecule has 0 saturated heterocycles. The number of nitrogens with zero attached hydrogens (tertiary/aromatic N) is 3. The van der Waals surface area contributed by atoms with Crippen LogP contribution in [0.3, 0.4) is 0 Å². The smallest absolute Gasteiger partial charge is 0.277 e. The van der Waals surface area contributed by atoms with Crippen LogP contribution in [-0.4, -0.2) is 31.3 Å². The highest BCUT2D eigenvalue weighted by molar-refractivity contribution is 5.30. The molecule has 0 radical (unpaired) electrons. The molecule has 0 spiro atoms. The number of aliphatic hydroxyl groups excluding tert-OH is 1. The highest BCUT2D eigenvalue weighted by Gasteiger charge is 2.09. The minimum atomic E-state index is -0.195. The zero-order valence-electron chi connectivity index (χ0n) is 7.69. The van der Waals surface area contributed by atoms with Crippen LogP contribution in [-0.2, 0) is 6.42 Å². The van der Waals surface area contributed by atoms with E-state index in [4.69, 9.17) is 5.11 Å². The molecule has 0 saturated carbocycles. The lowest BCUT2D eigenvalue weighted by molar-refractivity contribution is 0.298. The van der Waals surface area contributed by atoms with Crippen LogP contribution in [0.5, 0.6) is 0 Å². The summed E-state index contributed by atoms with van der Waals surface area (Å²) < 4.78 is 1.26. The van der Waals surface area contributed by atoms with Gasteiger partial charge in [0, 0.05) is 18.6 Å².